The van der Waals surface area contributed by atoms with Crippen molar-refractivity contribution >= 4 is 0 Å². The van der Waals surface area contributed by atoms with Crippen molar-refractivity contribution < 1.29 is 9.26 Å². The Kier molecular flexibility index (Phi) is 3.03. The molecule has 2 aromatic heterocycles. The average molecular weight is 274 g/mol. The second-order valence-electron chi connectivity index (χ2n) is 5.54. The van der Waals surface area contributed by atoms with Gasteiger partial charge in [0.05, 0.1) is 0 Å². The summed E-state index contributed by atoms with van der Waals surface area (Å²) in [7, 11) is 0. The number of nitrogens with zero attached hydrogens (tertiary/aromatic N) is 4. The van der Waals surface area contributed by atoms with Crippen molar-refractivity contribution in [2.24, 2.45) is 0 Å². The Morgan fingerprint density at radius 1 is 1.20 bits per heavy atom. The van der Waals surface area contributed by atoms with Crippen LogP contribution in [0.4, 0.5) is 0 Å². The first-order valence-electron chi connectivity index (χ1n) is 7.35. The van der Waals surface area contributed by atoms with Gasteiger partial charge in [-0.15, -0.1) is 0 Å². The number of ether oxygens (including phenoxy) is 1. The number of fused-ring (bicyclic) bond motifs is 1. The molecule has 0 aromatic carbocycles. The van der Waals surface area contributed by atoms with Gasteiger partial charge in [-0.1, -0.05) is 5.16 Å². The molecule has 0 saturated carbocycles. The predicted molar refractivity (Wildman–Crippen MR) is 70.4 cm³/mol. The molecular weight excluding hydrogens is 256 g/mol. The van der Waals surface area contributed by atoms with Crippen LogP contribution >= 0.6 is 0 Å². The molecule has 2 aromatic rings. The van der Waals surface area contributed by atoms with E-state index in [-0.39, 0.29) is 6.04 Å². The van der Waals surface area contributed by atoms with Crippen LogP contribution in [0.2, 0.25) is 0 Å². The van der Waals surface area contributed by atoms with Crippen molar-refractivity contribution in [1.82, 2.24) is 19.7 Å². The first-order chi connectivity index (χ1) is 9.92. The number of hydrogen-bond donors (Lipinski definition) is 0. The highest BCUT2D eigenvalue weighted by Crippen LogP contribution is 2.31. The summed E-state index contributed by atoms with van der Waals surface area (Å²) >= 11 is 0. The van der Waals surface area contributed by atoms with Crippen LogP contribution in [0, 0.1) is 0 Å². The first-order valence-corrected chi connectivity index (χ1v) is 7.35. The van der Waals surface area contributed by atoms with Gasteiger partial charge in [0.1, 0.15) is 11.9 Å². The van der Waals surface area contributed by atoms with Crippen molar-refractivity contribution in [3.05, 3.63) is 29.9 Å². The van der Waals surface area contributed by atoms with Crippen LogP contribution in [0.5, 0.6) is 0 Å². The number of rotatable bonds is 2. The van der Waals surface area contributed by atoms with Gasteiger partial charge in [-0.3, -0.25) is 0 Å². The highest BCUT2D eigenvalue weighted by molar-refractivity contribution is 5.07. The van der Waals surface area contributed by atoms with Crippen molar-refractivity contribution in [3.8, 4) is 0 Å². The average Bonchev–Trinajstić information content (AvgIpc) is 3.17. The zero-order valence-corrected chi connectivity index (χ0v) is 11.4. The zero-order chi connectivity index (χ0) is 13.4. The second-order valence-corrected chi connectivity index (χ2v) is 5.54. The van der Waals surface area contributed by atoms with Gasteiger partial charge in [-0.05, 0) is 25.7 Å². The molecule has 106 valence electrons. The first kappa shape index (κ1) is 12.1. The molecule has 1 saturated heterocycles. The lowest BCUT2D eigenvalue weighted by atomic mass is 10.00. The second kappa shape index (κ2) is 5.01. The molecule has 4 heterocycles. The van der Waals surface area contributed by atoms with Gasteiger partial charge in [0.25, 0.3) is 0 Å². The maximum atomic E-state index is 5.53. The minimum Gasteiger partial charge on any atom is -0.381 e. The SMILES string of the molecule is c1cn2c(n1)CCCC2c1nc(C2CCOCC2)no1. The highest BCUT2D eigenvalue weighted by atomic mass is 16.5. The molecule has 2 aliphatic rings. The van der Waals surface area contributed by atoms with Crippen LogP contribution < -0.4 is 0 Å². The van der Waals surface area contributed by atoms with Crippen molar-refractivity contribution in [3.63, 3.8) is 0 Å². The highest BCUT2D eigenvalue weighted by Gasteiger charge is 2.28. The van der Waals surface area contributed by atoms with Crippen molar-refractivity contribution in [2.75, 3.05) is 13.2 Å². The molecule has 6 heteroatoms. The van der Waals surface area contributed by atoms with E-state index in [1.807, 2.05) is 12.4 Å². The Morgan fingerprint density at radius 2 is 2.10 bits per heavy atom. The molecule has 0 radical (unpaired) electrons. The van der Waals surface area contributed by atoms with E-state index in [1.165, 1.54) is 0 Å². The number of aryl methyl sites for hydroxylation is 1. The zero-order valence-electron chi connectivity index (χ0n) is 11.4. The third kappa shape index (κ3) is 2.04. The largest absolute Gasteiger partial charge is 0.381 e. The summed E-state index contributed by atoms with van der Waals surface area (Å²) in [6.07, 6.45) is 9.03. The van der Waals surface area contributed by atoms with Gasteiger partial charge in [0.2, 0.25) is 5.89 Å². The standard InChI is InChI=1S/C14H18N4O2/c1-2-11(18-7-6-15-12(18)3-1)14-16-13(17-20-14)10-4-8-19-9-5-10/h6-7,10-11H,1-5,8-9H2. The van der Waals surface area contributed by atoms with Crippen LogP contribution in [0.15, 0.2) is 16.9 Å². The fourth-order valence-electron chi connectivity index (χ4n) is 3.16. The smallest absolute Gasteiger partial charge is 0.249 e. The van der Waals surface area contributed by atoms with Crippen LogP contribution in [0.25, 0.3) is 0 Å². The molecule has 0 spiro atoms. The van der Waals surface area contributed by atoms with Crippen LogP contribution in [0.1, 0.15) is 55.2 Å². The van der Waals surface area contributed by atoms with E-state index in [0.717, 1.165) is 62.9 Å². The van der Waals surface area contributed by atoms with E-state index in [9.17, 15) is 0 Å². The van der Waals surface area contributed by atoms with Crippen LogP contribution in [0.3, 0.4) is 0 Å². The lowest BCUT2D eigenvalue weighted by molar-refractivity contribution is 0.0830. The van der Waals surface area contributed by atoms with Gasteiger partial charge < -0.3 is 13.8 Å². The third-order valence-electron chi connectivity index (χ3n) is 4.29. The molecule has 0 N–H and O–H groups in total. The predicted octanol–water partition coefficient (Wildman–Crippen LogP) is 2.09. The minimum absolute atomic E-state index is 0.155. The Morgan fingerprint density at radius 3 is 3.00 bits per heavy atom. The van der Waals surface area contributed by atoms with Crippen LogP contribution in [-0.2, 0) is 11.2 Å². The number of aromatic nitrogens is 4. The molecule has 20 heavy (non-hydrogen) atoms. The maximum absolute atomic E-state index is 5.53. The molecular formula is C14H18N4O2. The van der Waals surface area contributed by atoms with E-state index in [2.05, 4.69) is 19.7 Å². The molecule has 1 fully saturated rings. The monoisotopic (exact) mass is 274 g/mol. The van der Waals surface area contributed by atoms with Crippen molar-refractivity contribution in [1.29, 1.82) is 0 Å². The lowest BCUT2D eigenvalue weighted by Gasteiger charge is -2.22. The van der Waals surface area contributed by atoms with E-state index >= 15 is 0 Å². The van der Waals surface area contributed by atoms with E-state index in [1.54, 1.807) is 0 Å². The molecule has 6 nitrogen and oxygen atoms in total. The number of hydrogen-bond acceptors (Lipinski definition) is 5. The molecule has 2 aliphatic heterocycles. The summed E-state index contributed by atoms with van der Waals surface area (Å²) in [5.41, 5.74) is 0. The normalized spacial score (nSPS) is 23.7. The minimum atomic E-state index is 0.155. The fourth-order valence-corrected chi connectivity index (χ4v) is 3.16. The Labute approximate surface area is 117 Å². The summed E-state index contributed by atoms with van der Waals surface area (Å²) in [5.74, 6) is 3.07. The molecule has 1 atom stereocenters. The van der Waals surface area contributed by atoms with Crippen LogP contribution in [-0.4, -0.2) is 32.9 Å². The van der Waals surface area contributed by atoms with E-state index in [4.69, 9.17) is 9.26 Å². The lowest BCUT2D eigenvalue weighted by Crippen LogP contribution is -2.19. The summed E-state index contributed by atoms with van der Waals surface area (Å²) in [6, 6.07) is 0.155. The van der Waals surface area contributed by atoms with Gasteiger partial charge in [-0.2, -0.15) is 4.98 Å². The van der Waals surface area contributed by atoms with Gasteiger partial charge in [0.15, 0.2) is 5.82 Å². The summed E-state index contributed by atoms with van der Waals surface area (Å²) in [4.78, 5) is 9.04. The summed E-state index contributed by atoms with van der Waals surface area (Å²) in [5, 5.41) is 4.20. The summed E-state index contributed by atoms with van der Waals surface area (Å²) in [6.45, 7) is 1.59. The Hall–Kier alpha value is -1.69. The molecule has 0 bridgehead atoms. The van der Waals surface area contributed by atoms with Gasteiger partial charge >= 0.3 is 0 Å². The Bertz CT molecular complexity index is 586. The Balaban J connectivity index is 1.60. The van der Waals surface area contributed by atoms with E-state index in [0.29, 0.717) is 5.92 Å². The van der Waals surface area contributed by atoms with Crippen molar-refractivity contribution in [2.45, 2.75) is 44.1 Å². The number of imidazole rings is 1. The third-order valence-corrected chi connectivity index (χ3v) is 4.29. The molecule has 0 amide bonds. The van der Waals surface area contributed by atoms with Gasteiger partial charge in [-0.25, -0.2) is 4.98 Å². The fraction of sp³-hybridized carbons (Fsp3) is 0.643. The topological polar surface area (TPSA) is 66.0 Å². The molecule has 4 rings (SSSR count). The molecule has 1 unspecified atom stereocenters. The molecule has 0 aliphatic carbocycles. The maximum Gasteiger partial charge on any atom is 0.249 e. The van der Waals surface area contributed by atoms with Gasteiger partial charge in [0, 0.05) is 37.9 Å². The van der Waals surface area contributed by atoms with E-state index < -0.39 is 0 Å². The summed E-state index contributed by atoms with van der Waals surface area (Å²) < 4.78 is 13.1. The quantitative estimate of drug-likeness (QED) is 0.839.